The zero-order valence-corrected chi connectivity index (χ0v) is 21.1. The largest absolute Gasteiger partial charge is 0.484 e. The van der Waals surface area contributed by atoms with E-state index in [0.717, 1.165) is 31.2 Å². The van der Waals surface area contributed by atoms with Gasteiger partial charge in [-0.05, 0) is 62.1 Å². The molecule has 1 saturated carbocycles. The van der Waals surface area contributed by atoms with Crippen LogP contribution < -0.4 is 10.1 Å². The summed E-state index contributed by atoms with van der Waals surface area (Å²) in [6.45, 7) is 3.63. The average Bonchev–Trinajstić information content (AvgIpc) is 3.29. The maximum absolute atomic E-state index is 13.3. The Kier molecular flexibility index (Phi) is 9.30. The van der Waals surface area contributed by atoms with E-state index in [1.165, 1.54) is 4.90 Å². The van der Waals surface area contributed by atoms with Gasteiger partial charge in [0.1, 0.15) is 11.8 Å². The molecule has 1 fully saturated rings. The van der Waals surface area contributed by atoms with Gasteiger partial charge in [-0.2, -0.15) is 0 Å². The third kappa shape index (κ3) is 6.78. The van der Waals surface area contributed by atoms with Crippen LogP contribution in [0.5, 0.6) is 5.75 Å². The molecule has 1 aliphatic carbocycles. The summed E-state index contributed by atoms with van der Waals surface area (Å²) in [5.74, 6) is 0.0414. The second-order valence-corrected chi connectivity index (χ2v) is 9.56. The van der Waals surface area contributed by atoms with Crippen LogP contribution in [0.3, 0.4) is 0 Å². The van der Waals surface area contributed by atoms with Crippen molar-refractivity contribution in [2.24, 2.45) is 0 Å². The van der Waals surface area contributed by atoms with Gasteiger partial charge in [0.15, 0.2) is 6.61 Å². The maximum Gasteiger partial charge on any atom is 0.261 e. The molecule has 33 heavy (non-hydrogen) atoms. The van der Waals surface area contributed by atoms with Gasteiger partial charge in [-0.3, -0.25) is 9.59 Å². The van der Waals surface area contributed by atoms with Gasteiger partial charge in [-0.25, -0.2) is 0 Å². The summed E-state index contributed by atoms with van der Waals surface area (Å²) in [6, 6.07) is 9.88. The number of hydrogen-bond donors (Lipinski definition) is 1. The first kappa shape index (κ1) is 25.7. The van der Waals surface area contributed by atoms with Crippen LogP contribution in [0.25, 0.3) is 0 Å². The lowest BCUT2D eigenvalue weighted by molar-refractivity contribution is -0.143. The van der Waals surface area contributed by atoms with Crippen LogP contribution in [0.15, 0.2) is 36.4 Å². The first-order valence-corrected chi connectivity index (χ1v) is 12.3. The molecule has 0 saturated heterocycles. The Morgan fingerprint density at radius 3 is 2.36 bits per heavy atom. The van der Waals surface area contributed by atoms with Crippen LogP contribution in [0, 0.1) is 6.92 Å². The summed E-state index contributed by atoms with van der Waals surface area (Å²) in [4.78, 5) is 28.0. The standard InChI is InChI=1S/C25H29Cl3N2O3/c1-3-23(25(32)29-17-7-4-5-8-17)30(14-19-21(27)9-6-10-22(19)28)24(31)15-33-18-11-12-20(26)16(2)13-18/h6,9-13,17,23H,3-5,7-8,14-15H2,1-2H3,(H,29,32)/t23-/m1/s1. The number of ether oxygens (including phenoxy) is 1. The molecule has 2 aromatic rings. The normalized spacial score (nSPS) is 14.7. The van der Waals surface area contributed by atoms with E-state index in [1.807, 2.05) is 13.8 Å². The van der Waals surface area contributed by atoms with Gasteiger partial charge in [-0.1, -0.05) is 60.6 Å². The zero-order valence-electron chi connectivity index (χ0n) is 18.9. The number of carbonyl (C=O) groups is 2. The van der Waals surface area contributed by atoms with E-state index < -0.39 is 6.04 Å². The fourth-order valence-corrected chi connectivity index (χ4v) is 4.71. The summed E-state index contributed by atoms with van der Waals surface area (Å²) in [6.07, 6.45) is 4.59. The van der Waals surface area contributed by atoms with Crippen molar-refractivity contribution in [2.45, 2.75) is 64.6 Å². The molecule has 1 aliphatic rings. The molecule has 0 unspecified atom stereocenters. The minimum Gasteiger partial charge on any atom is -0.484 e. The van der Waals surface area contributed by atoms with Gasteiger partial charge in [0.05, 0.1) is 0 Å². The monoisotopic (exact) mass is 510 g/mol. The van der Waals surface area contributed by atoms with Gasteiger partial charge in [0.25, 0.3) is 5.91 Å². The molecule has 0 spiro atoms. The molecule has 3 rings (SSSR count). The number of amides is 2. The Balaban J connectivity index is 1.81. The lowest BCUT2D eigenvalue weighted by atomic mass is 10.1. The number of nitrogens with zero attached hydrogens (tertiary/aromatic N) is 1. The minimum atomic E-state index is -0.666. The van der Waals surface area contributed by atoms with Crippen molar-refractivity contribution in [3.63, 3.8) is 0 Å². The topological polar surface area (TPSA) is 58.6 Å². The van der Waals surface area contributed by atoms with Crippen molar-refractivity contribution >= 4 is 46.6 Å². The summed E-state index contributed by atoms with van der Waals surface area (Å²) in [5, 5.41) is 4.63. The van der Waals surface area contributed by atoms with Crippen LogP contribution in [-0.4, -0.2) is 35.4 Å². The highest BCUT2D eigenvalue weighted by Crippen LogP contribution is 2.28. The number of aryl methyl sites for hydroxylation is 1. The molecular formula is C25H29Cl3N2O3. The summed E-state index contributed by atoms with van der Waals surface area (Å²) in [7, 11) is 0. The lowest BCUT2D eigenvalue weighted by Crippen LogP contribution is -2.52. The van der Waals surface area contributed by atoms with Gasteiger partial charge >= 0.3 is 0 Å². The fourth-order valence-electron chi connectivity index (χ4n) is 4.08. The van der Waals surface area contributed by atoms with E-state index in [-0.39, 0.29) is 31.0 Å². The van der Waals surface area contributed by atoms with Crippen molar-refractivity contribution in [1.29, 1.82) is 0 Å². The highest BCUT2D eigenvalue weighted by atomic mass is 35.5. The van der Waals surface area contributed by atoms with E-state index in [4.69, 9.17) is 39.5 Å². The van der Waals surface area contributed by atoms with E-state index in [9.17, 15) is 9.59 Å². The third-order valence-electron chi connectivity index (χ3n) is 5.97. The van der Waals surface area contributed by atoms with Gasteiger partial charge in [0, 0.05) is 33.2 Å². The smallest absolute Gasteiger partial charge is 0.261 e. The van der Waals surface area contributed by atoms with Crippen LogP contribution in [-0.2, 0) is 16.1 Å². The molecule has 0 radical (unpaired) electrons. The van der Waals surface area contributed by atoms with Gasteiger partial charge < -0.3 is 15.0 Å². The predicted molar refractivity (Wildman–Crippen MR) is 133 cm³/mol. The molecule has 0 bridgehead atoms. The predicted octanol–water partition coefficient (Wildman–Crippen LogP) is 6.20. The molecule has 1 N–H and O–H groups in total. The number of benzene rings is 2. The van der Waals surface area contributed by atoms with E-state index in [1.54, 1.807) is 36.4 Å². The summed E-state index contributed by atoms with van der Waals surface area (Å²) in [5.41, 5.74) is 1.45. The number of hydrogen-bond acceptors (Lipinski definition) is 3. The number of rotatable bonds is 9. The van der Waals surface area contributed by atoms with Crippen molar-refractivity contribution in [3.05, 3.63) is 62.6 Å². The highest BCUT2D eigenvalue weighted by Gasteiger charge is 2.31. The summed E-state index contributed by atoms with van der Waals surface area (Å²) < 4.78 is 5.74. The van der Waals surface area contributed by atoms with Crippen LogP contribution in [0.4, 0.5) is 0 Å². The second kappa shape index (κ2) is 12.0. The van der Waals surface area contributed by atoms with Gasteiger partial charge in [0.2, 0.25) is 5.91 Å². The first-order chi connectivity index (χ1) is 15.8. The van der Waals surface area contributed by atoms with Crippen LogP contribution in [0.2, 0.25) is 15.1 Å². The molecular weight excluding hydrogens is 483 g/mol. The molecule has 0 aromatic heterocycles. The van der Waals surface area contributed by atoms with Gasteiger partial charge in [-0.15, -0.1) is 0 Å². The zero-order chi connectivity index (χ0) is 24.0. The molecule has 0 heterocycles. The molecule has 2 amide bonds. The second-order valence-electron chi connectivity index (χ2n) is 8.34. The average molecular weight is 512 g/mol. The summed E-state index contributed by atoms with van der Waals surface area (Å²) >= 11 is 18.8. The highest BCUT2D eigenvalue weighted by molar-refractivity contribution is 6.36. The number of halogens is 3. The van der Waals surface area contributed by atoms with Crippen LogP contribution >= 0.6 is 34.8 Å². The van der Waals surface area contributed by atoms with E-state index in [0.29, 0.717) is 32.8 Å². The molecule has 2 aromatic carbocycles. The molecule has 1 atom stereocenters. The Hall–Kier alpha value is -1.95. The molecule has 8 heteroatoms. The van der Waals surface area contributed by atoms with Crippen molar-refractivity contribution in [2.75, 3.05) is 6.61 Å². The Morgan fingerprint density at radius 2 is 1.76 bits per heavy atom. The first-order valence-electron chi connectivity index (χ1n) is 11.2. The minimum absolute atomic E-state index is 0.108. The Bertz CT molecular complexity index is 973. The van der Waals surface area contributed by atoms with Crippen LogP contribution in [0.1, 0.15) is 50.2 Å². The molecule has 0 aliphatic heterocycles. The number of carbonyl (C=O) groups excluding carboxylic acids is 2. The lowest BCUT2D eigenvalue weighted by Gasteiger charge is -2.32. The van der Waals surface area contributed by atoms with Crippen molar-refractivity contribution in [3.8, 4) is 5.75 Å². The fraction of sp³-hybridized carbons (Fsp3) is 0.440. The Morgan fingerprint density at radius 1 is 1.09 bits per heavy atom. The van der Waals surface area contributed by atoms with Crippen molar-refractivity contribution < 1.29 is 14.3 Å². The van der Waals surface area contributed by atoms with E-state index >= 15 is 0 Å². The quantitative estimate of drug-likeness (QED) is 0.436. The maximum atomic E-state index is 13.3. The SMILES string of the molecule is CC[C@H](C(=O)NC1CCCC1)N(Cc1c(Cl)cccc1Cl)C(=O)COc1ccc(Cl)c(C)c1. The van der Waals surface area contributed by atoms with E-state index in [2.05, 4.69) is 5.32 Å². The third-order valence-corrected chi connectivity index (χ3v) is 7.10. The number of nitrogens with one attached hydrogen (secondary N) is 1. The molecule has 178 valence electrons. The molecule has 5 nitrogen and oxygen atoms in total. The Labute approximate surface area is 210 Å². The van der Waals surface area contributed by atoms with Crippen molar-refractivity contribution in [1.82, 2.24) is 10.2 Å².